The Hall–Kier alpha value is -7.63. The van der Waals surface area contributed by atoms with Crippen molar-refractivity contribution >= 4 is 43.6 Å². The molecule has 0 aliphatic heterocycles. The molecule has 0 fully saturated rings. The Morgan fingerprint density at radius 1 is 0.304 bits per heavy atom. The highest BCUT2D eigenvalue weighted by atomic mass is 15.0. The van der Waals surface area contributed by atoms with Crippen LogP contribution in [0.1, 0.15) is 0 Å². The van der Waals surface area contributed by atoms with Gasteiger partial charge in [-0.25, -0.2) is 15.0 Å². The molecule has 11 aromatic rings. The average Bonchev–Trinajstić information content (AvgIpc) is 3.80. The Bertz CT molecular complexity index is 3160. The lowest BCUT2D eigenvalue weighted by atomic mass is 9.98. The monoisotopic (exact) mass is 715 g/mol. The average molecular weight is 716 g/mol. The molecule has 11 rings (SSSR count). The number of hydrogen-bond donors (Lipinski definition) is 0. The molecule has 5 nitrogen and oxygen atoms in total. The summed E-state index contributed by atoms with van der Waals surface area (Å²) >= 11 is 0. The Labute approximate surface area is 323 Å². The van der Waals surface area contributed by atoms with Crippen molar-refractivity contribution in [3.05, 3.63) is 200 Å². The zero-order valence-corrected chi connectivity index (χ0v) is 30.3. The lowest BCUT2D eigenvalue weighted by Gasteiger charge is -2.16. The molecule has 262 valence electrons. The number of fused-ring (bicyclic) bond motifs is 7. The van der Waals surface area contributed by atoms with Crippen LogP contribution in [0.2, 0.25) is 0 Å². The van der Waals surface area contributed by atoms with Gasteiger partial charge >= 0.3 is 0 Å². The predicted octanol–water partition coefficient (Wildman–Crippen LogP) is 12.7. The molecule has 0 bridgehead atoms. The first-order valence-electron chi connectivity index (χ1n) is 18.9. The Kier molecular flexibility index (Phi) is 7.42. The second-order valence-corrected chi connectivity index (χ2v) is 14.0. The van der Waals surface area contributed by atoms with E-state index in [1.807, 2.05) is 60.7 Å². The van der Waals surface area contributed by atoms with Gasteiger partial charge in [-0.15, -0.1) is 0 Å². The second kappa shape index (κ2) is 13.0. The number of para-hydroxylation sites is 3. The molecule has 0 N–H and O–H groups in total. The van der Waals surface area contributed by atoms with E-state index in [4.69, 9.17) is 15.0 Å². The molecule has 3 aromatic heterocycles. The van der Waals surface area contributed by atoms with Gasteiger partial charge in [0.05, 0.1) is 22.1 Å². The number of benzene rings is 8. The molecule has 0 aliphatic carbocycles. The maximum Gasteiger partial charge on any atom is 0.164 e. The lowest BCUT2D eigenvalue weighted by Crippen LogP contribution is -2.02. The molecule has 8 aromatic carbocycles. The minimum absolute atomic E-state index is 0.624. The summed E-state index contributed by atoms with van der Waals surface area (Å²) in [5, 5.41) is 4.87. The van der Waals surface area contributed by atoms with Crippen LogP contribution in [0.25, 0.3) is 100 Å². The Balaban J connectivity index is 1.21. The molecule has 0 amide bonds. The molecule has 0 spiro atoms. The summed E-state index contributed by atoms with van der Waals surface area (Å²) in [5.41, 5.74) is 11.8. The zero-order valence-electron chi connectivity index (χ0n) is 30.3. The highest BCUT2D eigenvalue weighted by Crippen LogP contribution is 2.43. The molecule has 0 radical (unpaired) electrons. The minimum atomic E-state index is 0.624. The molecular weight excluding hydrogens is 683 g/mol. The van der Waals surface area contributed by atoms with E-state index in [9.17, 15) is 0 Å². The third kappa shape index (κ3) is 5.13. The van der Waals surface area contributed by atoms with Gasteiger partial charge in [-0.1, -0.05) is 152 Å². The smallest absolute Gasteiger partial charge is 0.164 e. The molecular formula is C51H33N5. The molecule has 0 aliphatic rings. The maximum absolute atomic E-state index is 5.15. The van der Waals surface area contributed by atoms with Crippen LogP contribution in [0.5, 0.6) is 0 Å². The van der Waals surface area contributed by atoms with Crippen LogP contribution in [0, 0.1) is 0 Å². The SMILES string of the molecule is c1ccc(-c2nc(-c3ccccc3)nc(-c3ccc(-n4c5ccccc5c5ccc6c(c7ccccc7n6-c6ccccc6)c54)cc3-c3ccccc3)n2)cc1. The van der Waals surface area contributed by atoms with Crippen molar-refractivity contribution in [2.45, 2.75) is 0 Å². The van der Waals surface area contributed by atoms with Gasteiger partial charge < -0.3 is 9.13 Å². The van der Waals surface area contributed by atoms with Crippen LogP contribution in [-0.2, 0) is 0 Å². The Morgan fingerprint density at radius 2 is 0.821 bits per heavy atom. The van der Waals surface area contributed by atoms with Crippen molar-refractivity contribution in [3.63, 3.8) is 0 Å². The fourth-order valence-corrected chi connectivity index (χ4v) is 8.28. The summed E-state index contributed by atoms with van der Waals surface area (Å²) in [6.45, 7) is 0. The summed E-state index contributed by atoms with van der Waals surface area (Å²) in [7, 11) is 0. The van der Waals surface area contributed by atoms with Gasteiger partial charge in [0.15, 0.2) is 17.5 Å². The van der Waals surface area contributed by atoms with Gasteiger partial charge in [0.25, 0.3) is 0 Å². The first-order valence-corrected chi connectivity index (χ1v) is 18.9. The normalized spacial score (nSPS) is 11.6. The fraction of sp³-hybridized carbons (Fsp3) is 0. The van der Waals surface area contributed by atoms with Gasteiger partial charge in [0.1, 0.15) is 0 Å². The van der Waals surface area contributed by atoms with Crippen LogP contribution in [-0.4, -0.2) is 24.1 Å². The number of hydrogen-bond acceptors (Lipinski definition) is 3. The van der Waals surface area contributed by atoms with E-state index in [0.29, 0.717) is 17.5 Å². The number of nitrogens with zero attached hydrogens (tertiary/aromatic N) is 5. The van der Waals surface area contributed by atoms with Gasteiger partial charge in [-0.3, -0.25) is 0 Å². The maximum atomic E-state index is 5.15. The van der Waals surface area contributed by atoms with E-state index in [-0.39, 0.29) is 0 Å². The quantitative estimate of drug-likeness (QED) is 0.172. The van der Waals surface area contributed by atoms with E-state index >= 15 is 0 Å². The summed E-state index contributed by atoms with van der Waals surface area (Å²) in [5.74, 6) is 1.90. The van der Waals surface area contributed by atoms with Crippen molar-refractivity contribution in [1.82, 2.24) is 24.1 Å². The summed E-state index contributed by atoms with van der Waals surface area (Å²) in [6, 6.07) is 70.3. The van der Waals surface area contributed by atoms with Crippen LogP contribution < -0.4 is 0 Å². The predicted molar refractivity (Wildman–Crippen MR) is 230 cm³/mol. The van der Waals surface area contributed by atoms with E-state index in [1.165, 1.54) is 38.1 Å². The van der Waals surface area contributed by atoms with Gasteiger partial charge in [0.2, 0.25) is 0 Å². The minimum Gasteiger partial charge on any atom is -0.309 e. The van der Waals surface area contributed by atoms with Gasteiger partial charge in [-0.05, 0) is 59.7 Å². The van der Waals surface area contributed by atoms with Crippen LogP contribution in [0.3, 0.4) is 0 Å². The standard InChI is InChI=1S/C51H33N5/c1-5-17-34(18-6-1)43-33-38(29-30-41(43)51-53-49(35-19-7-2-8-20-35)52-50(54-51)36-21-9-3-10-22-36)56-44-27-15-13-25-39(44)40-31-32-46-47(48(40)56)42-26-14-16-28-45(42)55(46)37-23-11-4-12-24-37/h1-33H. The van der Waals surface area contributed by atoms with Crippen LogP contribution in [0.15, 0.2) is 200 Å². The molecule has 0 saturated heterocycles. The van der Waals surface area contributed by atoms with Crippen LogP contribution >= 0.6 is 0 Å². The zero-order chi connectivity index (χ0) is 37.0. The topological polar surface area (TPSA) is 48.5 Å². The highest BCUT2D eigenvalue weighted by molar-refractivity contribution is 6.26. The van der Waals surface area contributed by atoms with Gasteiger partial charge in [-0.2, -0.15) is 0 Å². The fourth-order valence-electron chi connectivity index (χ4n) is 8.28. The highest BCUT2D eigenvalue weighted by Gasteiger charge is 2.22. The van der Waals surface area contributed by atoms with E-state index in [2.05, 4.69) is 149 Å². The first kappa shape index (κ1) is 31.9. The molecule has 56 heavy (non-hydrogen) atoms. The molecule has 0 atom stereocenters. The van der Waals surface area contributed by atoms with Crippen molar-refractivity contribution in [2.75, 3.05) is 0 Å². The van der Waals surface area contributed by atoms with Crippen molar-refractivity contribution < 1.29 is 0 Å². The summed E-state index contributed by atoms with van der Waals surface area (Å²) in [4.78, 5) is 15.3. The summed E-state index contributed by atoms with van der Waals surface area (Å²) in [6.07, 6.45) is 0. The molecule has 3 heterocycles. The first-order chi connectivity index (χ1) is 27.8. The molecule has 0 unspecified atom stereocenters. The number of aromatic nitrogens is 5. The van der Waals surface area contributed by atoms with E-state index in [0.717, 1.165) is 44.7 Å². The lowest BCUT2D eigenvalue weighted by molar-refractivity contribution is 1.07. The third-order valence-corrected chi connectivity index (χ3v) is 10.8. The molecule has 5 heteroatoms. The number of rotatable bonds is 6. The third-order valence-electron chi connectivity index (χ3n) is 10.8. The van der Waals surface area contributed by atoms with Crippen LogP contribution in [0.4, 0.5) is 0 Å². The summed E-state index contributed by atoms with van der Waals surface area (Å²) < 4.78 is 4.84. The molecule has 0 saturated carbocycles. The van der Waals surface area contributed by atoms with E-state index in [1.54, 1.807) is 0 Å². The van der Waals surface area contributed by atoms with Gasteiger partial charge in [0, 0.05) is 49.6 Å². The van der Waals surface area contributed by atoms with E-state index < -0.39 is 0 Å². The van der Waals surface area contributed by atoms with Crippen molar-refractivity contribution in [1.29, 1.82) is 0 Å². The van der Waals surface area contributed by atoms with Crippen molar-refractivity contribution in [2.24, 2.45) is 0 Å². The Morgan fingerprint density at radius 3 is 1.46 bits per heavy atom. The second-order valence-electron chi connectivity index (χ2n) is 14.0. The largest absolute Gasteiger partial charge is 0.309 e. The van der Waals surface area contributed by atoms with Crippen molar-refractivity contribution in [3.8, 4) is 56.7 Å².